The van der Waals surface area contributed by atoms with Crippen molar-refractivity contribution in [3.05, 3.63) is 41.5 Å². The van der Waals surface area contributed by atoms with E-state index in [0.29, 0.717) is 16.6 Å². The summed E-state index contributed by atoms with van der Waals surface area (Å²) in [7, 11) is 0. The Morgan fingerprint density at radius 3 is 2.74 bits per heavy atom. The molecule has 4 rings (SSSR count). The van der Waals surface area contributed by atoms with Gasteiger partial charge in [-0.15, -0.1) is 11.8 Å². The van der Waals surface area contributed by atoms with Crippen LogP contribution in [0.25, 0.3) is 21.8 Å². The normalized spacial score (nSPS) is 14.3. The molecule has 1 aromatic heterocycles. The number of imide groups is 1. The molecule has 2 N–H and O–H groups in total. The molecule has 6 heteroatoms. The number of amides is 2. The first-order valence-corrected chi connectivity index (χ1v) is 8.48. The number of hydrogen-bond acceptors (Lipinski definition) is 4. The SMILES string of the molecule is CSc1cc2c(c3[nH]c4ccccc4c13)C(=O)N(CCO)C2=O. The van der Waals surface area contributed by atoms with E-state index in [1.165, 1.54) is 0 Å². The van der Waals surface area contributed by atoms with Gasteiger partial charge in [0.1, 0.15) is 0 Å². The van der Waals surface area contributed by atoms with E-state index in [4.69, 9.17) is 5.11 Å². The minimum absolute atomic E-state index is 0.0165. The molecule has 0 aliphatic carbocycles. The number of para-hydroxylation sites is 1. The fourth-order valence-electron chi connectivity index (χ4n) is 3.22. The third-order valence-electron chi connectivity index (χ3n) is 4.23. The van der Waals surface area contributed by atoms with Gasteiger partial charge < -0.3 is 10.1 Å². The number of aromatic nitrogens is 1. The number of thioether (sulfide) groups is 1. The minimum atomic E-state index is -0.344. The lowest BCUT2D eigenvalue weighted by molar-refractivity contribution is 0.0624. The third kappa shape index (κ3) is 1.85. The van der Waals surface area contributed by atoms with Crippen LogP contribution in [0.5, 0.6) is 0 Å². The Morgan fingerprint density at radius 2 is 2.00 bits per heavy atom. The average Bonchev–Trinajstić information content (AvgIpc) is 3.06. The first-order chi connectivity index (χ1) is 11.2. The average molecular weight is 326 g/mol. The highest BCUT2D eigenvalue weighted by molar-refractivity contribution is 7.98. The molecule has 0 bridgehead atoms. The van der Waals surface area contributed by atoms with Gasteiger partial charge in [0, 0.05) is 21.2 Å². The van der Waals surface area contributed by atoms with Crippen molar-refractivity contribution in [2.75, 3.05) is 19.4 Å². The predicted octanol–water partition coefficient (Wildman–Crippen LogP) is 2.63. The zero-order chi connectivity index (χ0) is 16.1. The van der Waals surface area contributed by atoms with Gasteiger partial charge in [-0.2, -0.15) is 0 Å². The molecule has 23 heavy (non-hydrogen) atoms. The van der Waals surface area contributed by atoms with Crippen LogP contribution < -0.4 is 0 Å². The molecule has 2 aromatic carbocycles. The van der Waals surface area contributed by atoms with E-state index in [-0.39, 0.29) is 25.0 Å². The van der Waals surface area contributed by atoms with Gasteiger partial charge in [-0.25, -0.2) is 0 Å². The number of nitrogens with zero attached hydrogens (tertiary/aromatic N) is 1. The van der Waals surface area contributed by atoms with Gasteiger partial charge in [0.05, 0.1) is 29.8 Å². The molecule has 3 aromatic rings. The summed E-state index contributed by atoms with van der Waals surface area (Å²) in [5, 5.41) is 11.1. The van der Waals surface area contributed by atoms with Gasteiger partial charge in [-0.3, -0.25) is 14.5 Å². The van der Waals surface area contributed by atoms with Crippen molar-refractivity contribution in [3.63, 3.8) is 0 Å². The van der Waals surface area contributed by atoms with Gasteiger partial charge in [0.2, 0.25) is 0 Å². The number of H-pyrrole nitrogens is 1. The topological polar surface area (TPSA) is 73.4 Å². The Labute approximate surface area is 136 Å². The van der Waals surface area contributed by atoms with E-state index >= 15 is 0 Å². The van der Waals surface area contributed by atoms with Crippen LogP contribution in [0.4, 0.5) is 0 Å². The Bertz CT molecular complexity index is 977. The number of rotatable bonds is 3. The summed E-state index contributed by atoms with van der Waals surface area (Å²) in [5.41, 5.74) is 2.46. The number of nitrogens with one attached hydrogen (secondary N) is 1. The number of aliphatic hydroxyl groups excluding tert-OH is 1. The second-order valence-electron chi connectivity index (χ2n) is 5.41. The lowest BCUT2D eigenvalue weighted by atomic mass is 10.0. The highest BCUT2D eigenvalue weighted by Crippen LogP contribution is 2.39. The lowest BCUT2D eigenvalue weighted by Crippen LogP contribution is -2.32. The molecule has 0 saturated heterocycles. The maximum absolute atomic E-state index is 12.7. The second-order valence-corrected chi connectivity index (χ2v) is 6.26. The van der Waals surface area contributed by atoms with E-state index in [1.54, 1.807) is 17.8 Å². The minimum Gasteiger partial charge on any atom is -0.395 e. The van der Waals surface area contributed by atoms with E-state index in [0.717, 1.165) is 26.1 Å². The summed E-state index contributed by atoms with van der Waals surface area (Å²) in [6.45, 7) is -0.223. The van der Waals surface area contributed by atoms with Crippen LogP contribution in [0.2, 0.25) is 0 Å². The van der Waals surface area contributed by atoms with E-state index in [2.05, 4.69) is 4.98 Å². The highest BCUT2D eigenvalue weighted by Gasteiger charge is 2.38. The molecule has 0 saturated carbocycles. The molecule has 2 heterocycles. The smallest absolute Gasteiger partial charge is 0.263 e. The van der Waals surface area contributed by atoms with Crippen molar-refractivity contribution in [1.82, 2.24) is 9.88 Å². The summed E-state index contributed by atoms with van der Waals surface area (Å²) in [6.07, 6.45) is 1.95. The monoisotopic (exact) mass is 326 g/mol. The van der Waals surface area contributed by atoms with Crippen LogP contribution >= 0.6 is 11.8 Å². The Balaban J connectivity index is 2.11. The van der Waals surface area contributed by atoms with Crippen molar-refractivity contribution in [2.24, 2.45) is 0 Å². The summed E-state index contributed by atoms with van der Waals surface area (Å²) >= 11 is 1.55. The molecule has 1 aliphatic heterocycles. The fraction of sp³-hybridized carbons (Fsp3) is 0.176. The number of fused-ring (bicyclic) bond motifs is 5. The third-order valence-corrected chi connectivity index (χ3v) is 4.99. The highest BCUT2D eigenvalue weighted by atomic mass is 32.2. The second kappa shape index (κ2) is 5.11. The molecule has 0 unspecified atom stereocenters. The van der Waals surface area contributed by atoms with Gasteiger partial charge in [-0.1, -0.05) is 18.2 Å². The van der Waals surface area contributed by atoms with Crippen LogP contribution in [0.3, 0.4) is 0 Å². The molecular formula is C17H14N2O3S. The first kappa shape index (κ1) is 14.3. The van der Waals surface area contributed by atoms with Crippen molar-refractivity contribution in [2.45, 2.75) is 4.90 Å². The number of aliphatic hydroxyl groups is 1. The molecule has 0 fully saturated rings. The zero-order valence-electron chi connectivity index (χ0n) is 12.4. The number of benzene rings is 2. The largest absolute Gasteiger partial charge is 0.395 e. The predicted molar refractivity (Wildman–Crippen MR) is 90.0 cm³/mol. The van der Waals surface area contributed by atoms with E-state index in [1.807, 2.05) is 30.5 Å². The molecule has 0 radical (unpaired) electrons. The van der Waals surface area contributed by atoms with Gasteiger partial charge in [0.15, 0.2) is 0 Å². The van der Waals surface area contributed by atoms with Crippen LogP contribution in [0, 0.1) is 0 Å². The molecule has 2 amide bonds. The Morgan fingerprint density at radius 1 is 1.22 bits per heavy atom. The van der Waals surface area contributed by atoms with Crippen molar-refractivity contribution in [1.29, 1.82) is 0 Å². The molecular weight excluding hydrogens is 312 g/mol. The summed E-state index contributed by atoms with van der Waals surface area (Å²) in [4.78, 5) is 30.5. The fourth-order valence-corrected chi connectivity index (χ4v) is 3.87. The molecule has 0 atom stereocenters. The summed E-state index contributed by atoms with van der Waals surface area (Å²) in [5.74, 6) is -0.682. The standard InChI is InChI=1S/C17H14N2O3S/c1-23-12-8-10-14(17(22)19(6-7-20)16(10)21)15-13(12)9-4-2-3-5-11(9)18-15/h2-5,8,18,20H,6-7H2,1H3. The van der Waals surface area contributed by atoms with Crippen LogP contribution in [-0.2, 0) is 0 Å². The molecule has 5 nitrogen and oxygen atoms in total. The molecule has 0 spiro atoms. The van der Waals surface area contributed by atoms with Gasteiger partial charge >= 0.3 is 0 Å². The number of hydrogen-bond donors (Lipinski definition) is 2. The van der Waals surface area contributed by atoms with Crippen molar-refractivity contribution >= 4 is 45.4 Å². The number of aromatic amines is 1. The lowest BCUT2D eigenvalue weighted by Gasteiger charge is -2.10. The number of β-amino-alcohol motifs (C(OH)–C–C–N with tert-alkyl or cyclic N) is 1. The quantitative estimate of drug-likeness (QED) is 0.573. The number of carbonyl (C=O) groups is 2. The maximum Gasteiger partial charge on any atom is 0.263 e. The molecule has 116 valence electrons. The van der Waals surface area contributed by atoms with E-state index in [9.17, 15) is 9.59 Å². The summed E-state index contributed by atoms with van der Waals surface area (Å²) < 4.78 is 0. The maximum atomic E-state index is 12.7. The Hall–Kier alpha value is -2.31. The first-order valence-electron chi connectivity index (χ1n) is 7.25. The number of carbonyl (C=O) groups excluding carboxylic acids is 2. The van der Waals surface area contributed by atoms with Crippen molar-refractivity contribution < 1.29 is 14.7 Å². The van der Waals surface area contributed by atoms with Crippen LogP contribution in [-0.4, -0.2) is 46.2 Å². The van der Waals surface area contributed by atoms with Crippen LogP contribution in [0.1, 0.15) is 20.7 Å². The van der Waals surface area contributed by atoms with Gasteiger partial charge in [-0.05, 0) is 18.4 Å². The zero-order valence-corrected chi connectivity index (χ0v) is 13.2. The molecule has 1 aliphatic rings. The van der Waals surface area contributed by atoms with Crippen molar-refractivity contribution in [3.8, 4) is 0 Å². The van der Waals surface area contributed by atoms with Crippen LogP contribution in [0.15, 0.2) is 35.2 Å². The Kier molecular flexibility index (Phi) is 3.18. The van der Waals surface area contributed by atoms with E-state index < -0.39 is 0 Å². The van der Waals surface area contributed by atoms with Gasteiger partial charge in [0.25, 0.3) is 11.8 Å². The summed E-state index contributed by atoms with van der Waals surface area (Å²) in [6, 6.07) is 9.64.